The van der Waals surface area contributed by atoms with Gasteiger partial charge in [0.25, 0.3) is 0 Å². The van der Waals surface area contributed by atoms with Crippen LogP contribution in [-0.2, 0) is 11.3 Å². The Balaban J connectivity index is 1.44. The summed E-state index contributed by atoms with van der Waals surface area (Å²) in [5, 5.41) is 1.10. The highest BCUT2D eigenvalue weighted by Gasteiger charge is 2.38. The normalized spacial score (nSPS) is 19.8. The lowest BCUT2D eigenvalue weighted by atomic mass is 9.83. The fraction of sp³-hybridized carbons (Fsp3) is 0.517. The van der Waals surface area contributed by atoms with E-state index in [1.807, 2.05) is 24.3 Å². The lowest BCUT2D eigenvalue weighted by Crippen LogP contribution is -2.59. The first kappa shape index (κ1) is 27.7. The summed E-state index contributed by atoms with van der Waals surface area (Å²) in [6.45, 7) is 11.1. The van der Waals surface area contributed by atoms with E-state index >= 15 is 0 Å². The van der Waals surface area contributed by atoms with Crippen molar-refractivity contribution in [2.24, 2.45) is 17.1 Å². The van der Waals surface area contributed by atoms with Gasteiger partial charge >= 0.3 is 6.03 Å². The molecule has 0 saturated carbocycles. The fourth-order valence-corrected chi connectivity index (χ4v) is 5.89. The molecule has 2 N–H and O–H groups in total. The van der Waals surface area contributed by atoms with E-state index in [9.17, 15) is 9.59 Å². The van der Waals surface area contributed by atoms with Gasteiger partial charge in [-0.05, 0) is 53.0 Å². The second-order valence-corrected chi connectivity index (χ2v) is 12.3. The number of urea groups is 1. The molecule has 2 aromatic rings. The largest absolute Gasteiger partial charge is 0.351 e. The van der Waals surface area contributed by atoms with Gasteiger partial charge in [-0.2, -0.15) is 0 Å². The maximum Gasteiger partial charge on any atom is 0.314 e. The molecule has 1 atom stereocenters. The van der Waals surface area contributed by atoms with Crippen molar-refractivity contribution >= 4 is 35.1 Å². The second kappa shape index (κ2) is 11.6. The number of primary amides is 1. The van der Waals surface area contributed by atoms with Crippen LogP contribution in [-0.4, -0.2) is 65.4 Å². The number of carbonyl (C=O) groups is 2. The number of carbonyl (C=O) groups excluding carboxylic acids is 2. The van der Waals surface area contributed by atoms with E-state index in [4.69, 9.17) is 28.9 Å². The number of benzene rings is 2. The molecule has 0 spiro atoms. The minimum absolute atomic E-state index is 0.0487. The first-order chi connectivity index (χ1) is 17.5. The third-order valence-electron chi connectivity index (χ3n) is 7.82. The van der Waals surface area contributed by atoms with Gasteiger partial charge in [-0.1, -0.05) is 74.3 Å². The van der Waals surface area contributed by atoms with Crippen LogP contribution in [0.3, 0.4) is 0 Å². The molecule has 2 heterocycles. The third kappa shape index (κ3) is 6.78. The summed E-state index contributed by atoms with van der Waals surface area (Å²) in [7, 11) is 0. The first-order valence-electron chi connectivity index (χ1n) is 13.1. The molecule has 6 nitrogen and oxygen atoms in total. The van der Waals surface area contributed by atoms with Crippen LogP contribution in [0.5, 0.6) is 0 Å². The molecular weight excluding hydrogens is 507 g/mol. The Labute approximate surface area is 230 Å². The van der Waals surface area contributed by atoms with Crippen molar-refractivity contribution in [3.05, 3.63) is 58.1 Å². The number of halogens is 2. The molecule has 0 aromatic heterocycles. The molecule has 0 radical (unpaired) electrons. The van der Waals surface area contributed by atoms with Gasteiger partial charge in [0.15, 0.2) is 0 Å². The van der Waals surface area contributed by atoms with E-state index in [1.165, 1.54) is 5.56 Å². The molecule has 2 aliphatic rings. The Hall–Kier alpha value is -2.28. The van der Waals surface area contributed by atoms with Gasteiger partial charge < -0.3 is 15.5 Å². The van der Waals surface area contributed by atoms with Crippen LogP contribution in [0.15, 0.2) is 42.5 Å². The summed E-state index contributed by atoms with van der Waals surface area (Å²) in [6, 6.07) is 13.9. The smallest absolute Gasteiger partial charge is 0.314 e. The number of nitrogens with zero attached hydrogens (tertiary/aromatic N) is 3. The zero-order chi connectivity index (χ0) is 26.7. The van der Waals surface area contributed by atoms with Crippen LogP contribution in [0, 0.1) is 11.3 Å². The highest BCUT2D eigenvalue weighted by molar-refractivity contribution is 6.42. The average molecular weight is 546 g/mol. The molecule has 2 aliphatic heterocycles. The Morgan fingerprint density at radius 1 is 0.973 bits per heavy atom. The number of rotatable bonds is 5. The van der Waals surface area contributed by atoms with Crippen molar-refractivity contribution in [1.82, 2.24) is 14.7 Å². The summed E-state index contributed by atoms with van der Waals surface area (Å²) in [6.07, 6.45) is 2.21. The Kier molecular flexibility index (Phi) is 8.72. The minimum atomic E-state index is -0.366. The highest BCUT2D eigenvalue weighted by atomic mass is 35.5. The molecule has 37 heavy (non-hydrogen) atoms. The zero-order valence-electron chi connectivity index (χ0n) is 22.1. The average Bonchev–Trinajstić information content (AvgIpc) is 2.86. The van der Waals surface area contributed by atoms with Crippen LogP contribution >= 0.6 is 23.2 Å². The van der Waals surface area contributed by atoms with Crippen LogP contribution in [0.1, 0.15) is 45.6 Å². The topological polar surface area (TPSA) is 69.9 Å². The first-order valence-corrected chi connectivity index (χ1v) is 13.9. The molecule has 0 bridgehead atoms. The van der Waals surface area contributed by atoms with Gasteiger partial charge in [0.05, 0.1) is 10.0 Å². The minimum Gasteiger partial charge on any atom is -0.351 e. The molecule has 3 amide bonds. The summed E-state index contributed by atoms with van der Waals surface area (Å²) in [4.78, 5) is 31.2. The summed E-state index contributed by atoms with van der Waals surface area (Å²) < 4.78 is 0. The summed E-state index contributed by atoms with van der Waals surface area (Å²) in [5.41, 5.74) is 8.80. The standard InChI is InChI=1S/C29H38Cl2N4O2/c1-29(2,3)26-19-33(14-15-35(26)27(36)16-20-10-12-34(13-11-20)28(32)37)18-22-6-4-5-7-23(22)21-8-9-24(30)25(31)17-21/h4-9,17,20,26H,10-16,18-19H2,1-3H3,(H2,32,37)/t26-/m1/s1. The molecule has 200 valence electrons. The molecular formula is C29H38Cl2N4O2. The van der Waals surface area contributed by atoms with Crippen molar-refractivity contribution < 1.29 is 9.59 Å². The molecule has 8 heteroatoms. The predicted octanol–water partition coefficient (Wildman–Crippen LogP) is 5.90. The van der Waals surface area contributed by atoms with E-state index < -0.39 is 0 Å². The molecule has 2 fully saturated rings. The van der Waals surface area contributed by atoms with Gasteiger partial charge in [-0.15, -0.1) is 0 Å². The van der Waals surface area contributed by atoms with Gasteiger partial charge in [-0.25, -0.2) is 4.79 Å². The number of piperazine rings is 1. The van der Waals surface area contributed by atoms with Crippen LogP contribution < -0.4 is 5.73 Å². The second-order valence-electron chi connectivity index (χ2n) is 11.5. The van der Waals surface area contributed by atoms with E-state index in [2.05, 4.69) is 48.8 Å². The van der Waals surface area contributed by atoms with Crippen molar-refractivity contribution in [2.75, 3.05) is 32.7 Å². The van der Waals surface area contributed by atoms with Gasteiger partial charge in [0.1, 0.15) is 0 Å². The summed E-state index contributed by atoms with van der Waals surface area (Å²) in [5.74, 6) is 0.535. The predicted molar refractivity (Wildman–Crippen MR) is 151 cm³/mol. The Morgan fingerprint density at radius 2 is 1.68 bits per heavy atom. The molecule has 4 rings (SSSR count). The Bertz CT molecular complexity index is 1130. The number of hydrogen-bond donors (Lipinski definition) is 1. The molecule has 0 aliphatic carbocycles. The number of hydrogen-bond acceptors (Lipinski definition) is 3. The molecule has 0 unspecified atom stereocenters. The SMILES string of the molecule is CC(C)(C)[C@H]1CN(Cc2ccccc2-c2ccc(Cl)c(Cl)c2)CCN1C(=O)CC1CCN(C(N)=O)CC1. The highest BCUT2D eigenvalue weighted by Crippen LogP contribution is 2.33. The van der Waals surface area contributed by atoms with E-state index in [0.29, 0.717) is 35.5 Å². The van der Waals surface area contributed by atoms with Crippen molar-refractivity contribution in [2.45, 2.75) is 52.6 Å². The fourth-order valence-electron chi connectivity index (χ4n) is 5.59. The lowest BCUT2D eigenvalue weighted by molar-refractivity contribution is -0.141. The van der Waals surface area contributed by atoms with Crippen LogP contribution in [0.25, 0.3) is 11.1 Å². The van der Waals surface area contributed by atoms with Gasteiger partial charge in [0.2, 0.25) is 5.91 Å². The lowest BCUT2D eigenvalue weighted by Gasteiger charge is -2.48. The van der Waals surface area contributed by atoms with Crippen LogP contribution in [0.2, 0.25) is 10.0 Å². The monoisotopic (exact) mass is 544 g/mol. The molecule has 2 aromatic carbocycles. The van der Waals surface area contributed by atoms with Gasteiger partial charge in [-0.3, -0.25) is 9.69 Å². The Morgan fingerprint density at radius 3 is 2.32 bits per heavy atom. The quantitative estimate of drug-likeness (QED) is 0.509. The van der Waals surface area contributed by atoms with Crippen molar-refractivity contribution in [3.8, 4) is 11.1 Å². The number of likely N-dealkylation sites (tertiary alicyclic amines) is 1. The molecule has 2 saturated heterocycles. The van der Waals surface area contributed by atoms with Crippen molar-refractivity contribution in [3.63, 3.8) is 0 Å². The number of amides is 3. The number of nitrogens with two attached hydrogens (primary N) is 1. The van der Waals surface area contributed by atoms with E-state index in [1.54, 1.807) is 4.90 Å². The van der Waals surface area contributed by atoms with E-state index in [0.717, 1.165) is 50.1 Å². The third-order valence-corrected chi connectivity index (χ3v) is 8.55. The maximum atomic E-state index is 13.5. The van der Waals surface area contributed by atoms with Crippen LogP contribution in [0.4, 0.5) is 4.79 Å². The van der Waals surface area contributed by atoms with E-state index in [-0.39, 0.29) is 23.4 Å². The zero-order valence-corrected chi connectivity index (χ0v) is 23.6. The number of piperidine rings is 1. The van der Waals surface area contributed by atoms with Gasteiger partial charge in [0, 0.05) is 51.7 Å². The maximum absolute atomic E-state index is 13.5. The van der Waals surface area contributed by atoms with Crippen molar-refractivity contribution in [1.29, 1.82) is 0 Å². The summed E-state index contributed by atoms with van der Waals surface area (Å²) >= 11 is 12.5.